The van der Waals surface area contributed by atoms with E-state index in [1.807, 2.05) is 18.2 Å². The molecular formula is C22H15N6O3+. The Labute approximate surface area is 177 Å². The lowest BCUT2D eigenvalue weighted by Gasteiger charge is -2.05. The molecule has 0 aliphatic carbocycles. The van der Waals surface area contributed by atoms with Gasteiger partial charge in [-0.2, -0.15) is 15.8 Å². The van der Waals surface area contributed by atoms with Gasteiger partial charge >= 0.3 is 5.97 Å². The lowest BCUT2D eigenvalue weighted by molar-refractivity contribution is -0.364. The Hall–Kier alpha value is -5.07. The summed E-state index contributed by atoms with van der Waals surface area (Å²) < 4.78 is 10.4. The van der Waals surface area contributed by atoms with Crippen molar-refractivity contribution in [2.45, 2.75) is 0 Å². The van der Waals surface area contributed by atoms with E-state index in [9.17, 15) is 15.3 Å². The number of carbonyl (C=O) groups is 1. The summed E-state index contributed by atoms with van der Waals surface area (Å²) in [5.74, 6) is 0.338. The molecule has 0 spiro atoms. The van der Waals surface area contributed by atoms with Gasteiger partial charge in [0.25, 0.3) is 5.82 Å². The molecule has 0 atom stereocenters. The van der Waals surface area contributed by atoms with Crippen LogP contribution >= 0.6 is 0 Å². The zero-order chi connectivity index (χ0) is 22.5. The number of esters is 1. The number of nitrogen functional groups attached to an aromatic ring is 2. The minimum Gasteiger partial charge on any atom is -0.465 e. The fraction of sp³-hybridized carbons (Fsp3) is 0.0455. The van der Waals surface area contributed by atoms with Crippen molar-refractivity contribution in [3.05, 3.63) is 64.5 Å². The molecule has 9 nitrogen and oxygen atoms in total. The number of nitrogens with zero attached hydrogens (tertiary/aromatic N) is 3. The van der Waals surface area contributed by atoms with Gasteiger partial charge in [-0.15, -0.1) is 0 Å². The lowest BCUT2D eigenvalue weighted by atomic mass is 10.0. The average Bonchev–Trinajstić information content (AvgIpc) is 3.25. The number of aromatic amines is 1. The molecule has 0 amide bonds. The van der Waals surface area contributed by atoms with Crippen molar-refractivity contribution in [3.8, 4) is 29.5 Å². The van der Waals surface area contributed by atoms with Crippen molar-refractivity contribution in [3.63, 3.8) is 0 Å². The third kappa shape index (κ3) is 3.91. The van der Waals surface area contributed by atoms with Crippen LogP contribution in [0.1, 0.15) is 32.9 Å². The highest BCUT2D eigenvalue weighted by atomic mass is 16.5. The molecule has 0 saturated carbocycles. The molecule has 150 valence electrons. The van der Waals surface area contributed by atoms with Crippen molar-refractivity contribution in [1.82, 2.24) is 0 Å². The number of H-pyrrole nitrogens is 1. The number of furan rings is 1. The molecule has 0 fully saturated rings. The van der Waals surface area contributed by atoms with E-state index in [0.29, 0.717) is 22.6 Å². The summed E-state index contributed by atoms with van der Waals surface area (Å²) in [5.41, 5.74) is 12.7. The summed E-state index contributed by atoms with van der Waals surface area (Å²) in [4.78, 5) is 14.2. The summed E-state index contributed by atoms with van der Waals surface area (Å²) in [5, 5.41) is 28.2. The number of pyridine rings is 1. The largest absolute Gasteiger partial charge is 0.465 e. The first-order chi connectivity index (χ1) is 14.9. The molecular weight excluding hydrogens is 396 g/mol. The molecule has 1 aromatic carbocycles. The Morgan fingerprint density at radius 3 is 2.32 bits per heavy atom. The van der Waals surface area contributed by atoms with Crippen LogP contribution in [0.4, 0.5) is 11.5 Å². The van der Waals surface area contributed by atoms with Crippen LogP contribution < -0.4 is 16.5 Å². The minimum absolute atomic E-state index is 0.0429. The quantitative estimate of drug-likeness (QED) is 0.485. The molecule has 3 rings (SSSR count). The van der Waals surface area contributed by atoms with Crippen LogP contribution in [-0.4, -0.2) is 13.1 Å². The number of allylic oxidation sites excluding steroid dienone is 1. The number of anilines is 2. The van der Waals surface area contributed by atoms with Gasteiger partial charge in [-0.3, -0.25) is 5.73 Å². The van der Waals surface area contributed by atoms with Gasteiger partial charge in [-0.25, -0.2) is 9.78 Å². The third-order valence-electron chi connectivity index (χ3n) is 4.43. The number of aromatic nitrogens is 1. The number of methoxy groups -OCH3 is 1. The predicted octanol–water partition coefficient (Wildman–Crippen LogP) is 2.52. The Balaban J connectivity index is 2.00. The van der Waals surface area contributed by atoms with Gasteiger partial charge < -0.3 is 14.9 Å². The first kappa shape index (κ1) is 20.7. The van der Waals surface area contributed by atoms with E-state index < -0.39 is 5.97 Å². The lowest BCUT2D eigenvalue weighted by Crippen LogP contribution is -2.21. The molecule has 0 aliphatic heterocycles. The Bertz CT molecular complexity index is 1330. The maximum absolute atomic E-state index is 11.5. The average molecular weight is 411 g/mol. The molecule has 0 saturated heterocycles. The molecule has 0 radical (unpaired) electrons. The van der Waals surface area contributed by atoms with Gasteiger partial charge in [-0.05, 0) is 24.3 Å². The van der Waals surface area contributed by atoms with Crippen LogP contribution in [0.15, 0.2) is 40.8 Å². The number of nitrogens with one attached hydrogen (secondary N) is 1. The molecule has 5 N–H and O–H groups in total. The summed E-state index contributed by atoms with van der Waals surface area (Å²) in [6.45, 7) is 0. The zero-order valence-electron chi connectivity index (χ0n) is 16.3. The topological polar surface area (TPSA) is 177 Å². The summed E-state index contributed by atoms with van der Waals surface area (Å²) in [7, 11) is 1.30. The molecule has 9 heteroatoms. The molecule has 0 bridgehead atoms. The second kappa shape index (κ2) is 8.52. The van der Waals surface area contributed by atoms with Crippen molar-refractivity contribution in [2.75, 3.05) is 18.6 Å². The number of hydrogen-bond donors (Lipinski definition) is 2. The monoisotopic (exact) mass is 411 g/mol. The van der Waals surface area contributed by atoms with Crippen LogP contribution in [0.3, 0.4) is 0 Å². The number of benzene rings is 1. The van der Waals surface area contributed by atoms with Crippen molar-refractivity contribution in [1.29, 1.82) is 15.8 Å². The summed E-state index contributed by atoms with van der Waals surface area (Å²) in [6.07, 6.45) is 1.42. The molecule has 3 aromatic rings. The van der Waals surface area contributed by atoms with Gasteiger partial charge in [0.05, 0.1) is 18.4 Å². The Morgan fingerprint density at radius 2 is 1.74 bits per heavy atom. The van der Waals surface area contributed by atoms with E-state index in [-0.39, 0.29) is 33.9 Å². The van der Waals surface area contributed by atoms with Crippen LogP contribution in [-0.2, 0) is 4.74 Å². The number of nitrogens with two attached hydrogens (primary N) is 2. The highest BCUT2D eigenvalue weighted by Crippen LogP contribution is 2.28. The molecule has 2 aromatic heterocycles. The minimum atomic E-state index is -0.446. The number of nitriles is 3. The fourth-order valence-electron chi connectivity index (χ4n) is 2.88. The highest BCUT2D eigenvalue weighted by Gasteiger charge is 2.23. The Kier molecular flexibility index (Phi) is 5.68. The molecule has 0 aliphatic rings. The van der Waals surface area contributed by atoms with Gasteiger partial charge in [-0.1, -0.05) is 12.1 Å². The predicted molar refractivity (Wildman–Crippen MR) is 110 cm³/mol. The maximum atomic E-state index is 11.5. The second-order valence-electron chi connectivity index (χ2n) is 6.24. The van der Waals surface area contributed by atoms with Crippen LogP contribution in [0.2, 0.25) is 0 Å². The second-order valence-corrected chi connectivity index (χ2v) is 6.24. The zero-order valence-corrected chi connectivity index (χ0v) is 16.3. The van der Waals surface area contributed by atoms with Crippen molar-refractivity contribution >= 4 is 29.1 Å². The highest BCUT2D eigenvalue weighted by molar-refractivity contribution is 5.91. The van der Waals surface area contributed by atoms with E-state index in [4.69, 9.17) is 21.1 Å². The molecule has 2 heterocycles. The summed E-state index contributed by atoms with van der Waals surface area (Å²) >= 11 is 0. The Morgan fingerprint density at radius 1 is 1.06 bits per heavy atom. The van der Waals surface area contributed by atoms with Gasteiger partial charge in [0, 0.05) is 11.6 Å². The maximum Gasteiger partial charge on any atom is 0.337 e. The number of hydrogen-bond acceptors (Lipinski definition) is 8. The summed E-state index contributed by atoms with van der Waals surface area (Å²) in [6, 6.07) is 15.7. The van der Waals surface area contributed by atoms with Gasteiger partial charge in [0.2, 0.25) is 0 Å². The standard InChI is InChI=1S/C22H14N6O3/c1-30-22(29)13-4-2-12(3-5-13)18-7-6-15(31-18)8-14(9-23)20-16(10-24)19(26)17(11-25)21(27)28-20/h2-8H,1H3,(H4,26,27,28)/p+1/b14-8+. The van der Waals surface area contributed by atoms with Crippen molar-refractivity contribution in [2.24, 2.45) is 0 Å². The molecule has 0 unspecified atom stereocenters. The van der Waals surface area contributed by atoms with Crippen molar-refractivity contribution < 1.29 is 18.9 Å². The molecule has 31 heavy (non-hydrogen) atoms. The van der Waals surface area contributed by atoms with Crippen LogP contribution in [0, 0.1) is 34.0 Å². The van der Waals surface area contributed by atoms with Gasteiger partial charge in [0.15, 0.2) is 11.3 Å². The number of ether oxygens (including phenoxy) is 1. The van der Waals surface area contributed by atoms with E-state index >= 15 is 0 Å². The van der Waals surface area contributed by atoms with E-state index in [0.717, 1.165) is 0 Å². The van der Waals surface area contributed by atoms with E-state index in [1.165, 1.54) is 13.2 Å². The number of carbonyl (C=O) groups excluding carboxylic acids is 1. The van der Waals surface area contributed by atoms with Crippen LogP contribution in [0.5, 0.6) is 0 Å². The third-order valence-corrected chi connectivity index (χ3v) is 4.43. The fourth-order valence-corrected chi connectivity index (χ4v) is 2.88. The first-order valence-corrected chi connectivity index (χ1v) is 8.78. The first-order valence-electron chi connectivity index (χ1n) is 8.78. The van der Waals surface area contributed by atoms with Gasteiger partial charge in [0.1, 0.15) is 40.9 Å². The van der Waals surface area contributed by atoms with E-state index in [2.05, 4.69) is 9.72 Å². The normalized spacial score (nSPS) is 10.6. The van der Waals surface area contributed by atoms with Crippen LogP contribution in [0.25, 0.3) is 23.0 Å². The number of rotatable bonds is 4. The smallest absolute Gasteiger partial charge is 0.337 e. The van der Waals surface area contributed by atoms with E-state index in [1.54, 1.807) is 36.4 Å². The SMILES string of the molecule is COC(=O)c1ccc(-c2ccc(/C=C(\C#N)c3[nH+]c(N)c(C#N)c(N)c3C#N)o2)cc1.